The van der Waals surface area contributed by atoms with Gasteiger partial charge in [0.15, 0.2) is 0 Å². The van der Waals surface area contributed by atoms with Gasteiger partial charge < -0.3 is 28.1 Å². The largest absolute Gasteiger partial charge is 0.459 e. The van der Waals surface area contributed by atoms with Gasteiger partial charge in [0.1, 0.15) is 46.0 Å². The summed E-state index contributed by atoms with van der Waals surface area (Å²) in [5.74, 6) is 6.94. The number of fused-ring (bicyclic) bond motifs is 20. The zero-order valence-electron chi connectivity index (χ0n) is 33.3. The van der Waals surface area contributed by atoms with Crippen molar-refractivity contribution in [2.75, 3.05) is 0 Å². The van der Waals surface area contributed by atoms with Crippen LogP contribution < -0.4 is 68.1 Å². The van der Waals surface area contributed by atoms with Gasteiger partial charge in [-0.05, 0) is 98.9 Å². The first-order valence-corrected chi connectivity index (χ1v) is 21.8. The number of ether oxygens (including phenoxy) is 4. The zero-order valence-corrected chi connectivity index (χ0v) is 33.3. The second-order valence-corrected chi connectivity index (χ2v) is 17.7. The summed E-state index contributed by atoms with van der Waals surface area (Å²) in [4.78, 5) is 0. The fraction of sp³-hybridized carbons (Fsp3) is 0. The van der Waals surface area contributed by atoms with E-state index in [2.05, 4.69) is 173 Å². The molecular weight excluding hydrogens is 773 g/mol. The molecule has 6 aliphatic heterocycles. The van der Waals surface area contributed by atoms with Crippen LogP contribution in [0.3, 0.4) is 0 Å². The van der Waals surface area contributed by atoms with Crippen molar-refractivity contribution in [3.05, 3.63) is 164 Å². The quantitative estimate of drug-likeness (QED) is 0.165. The molecule has 6 nitrogen and oxygen atoms in total. The normalized spacial score (nSPS) is 14.4. The lowest BCUT2D eigenvalue weighted by molar-refractivity contribution is 0.466. The van der Waals surface area contributed by atoms with Crippen molar-refractivity contribution in [1.82, 2.24) is 9.13 Å². The first-order valence-electron chi connectivity index (χ1n) is 21.8. The molecule has 8 heterocycles. The number of nitrogens with zero attached hydrogens (tertiary/aromatic N) is 2. The summed E-state index contributed by atoms with van der Waals surface area (Å²) in [6.07, 6.45) is 0. The minimum absolute atomic E-state index is 0.0932. The van der Waals surface area contributed by atoms with Gasteiger partial charge in [-0.15, -0.1) is 0 Å². The molecule has 6 aliphatic rings. The Bertz CT molecular complexity index is 3780. The number of hydrogen-bond acceptors (Lipinski definition) is 4. The maximum absolute atomic E-state index is 7.46. The van der Waals surface area contributed by atoms with E-state index in [1.54, 1.807) is 0 Å². The van der Waals surface area contributed by atoms with Gasteiger partial charge in [-0.1, -0.05) is 103 Å². The van der Waals surface area contributed by atoms with Crippen molar-refractivity contribution in [3.8, 4) is 57.4 Å². The minimum Gasteiger partial charge on any atom is -0.459 e. The number of para-hydroxylation sites is 4. The molecule has 11 aromatic rings. The van der Waals surface area contributed by atoms with E-state index in [-0.39, 0.29) is 20.1 Å². The van der Waals surface area contributed by atoms with E-state index < -0.39 is 0 Å². The molecule has 0 saturated carbocycles. The molecule has 0 amide bonds. The van der Waals surface area contributed by atoms with E-state index >= 15 is 0 Å². The molecule has 0 bridgehead atoms. The van der Waals surface area contributed by atoms with E-state index in [4.69, 9.17) is 18.9 Å². The smallest absolute Gasteiger partial charge is 0.261 e. The lowest BCUT2D eigenvalue weighted by atomic mass is 9.29. The van der Waals surface area contributed by atoms with Crippen molar-refractivity contribution in [2.45, 2.75) is 0 Å². The summed E-state index contributed by atoms with van der Waals surface area (Å²) in [6.45, 7) is -0.437. The van der Waals surface area contributed by atoms with Gasteiger partial charge in [0, 0.05) is 43.8 Å². The van der Waals surface area contributed by atoms with Crippen LogP contribution in [0.15, 0.2) is 164 Å². The fourth-order valence-electron chi connectivity index (χ4n) is 12.7. The second kappa shape index (κ2) is 10.7. The molecule has 9 heteroatoms. The van der Waals surface area contributed by atoms with E-state index in [9.17, 15) is 0 Å². The Labute approximate surface area is 360 Å². The summed E-state index contributed by atoms with van der Waals surface area (Å²) < 4.78 is 33.2. The average Bonchev–Trinajstić information content (AvgIpc) is 3.84. The van der Waals surface area contributed by atoms with Crippen LogP contribution in [0, 0.1) is 0 Å². The maximum atomic E-state index is 7.46. The lowest BCUT2D eigenvalue weighted by Gasteiger charge is -2.40. The topological polar surface area (TPSA) is 46.8 Å². The summed E-state index contributed by atoms with van der Waals surface area (Å²) in [5, 5.41) is 4.86. The summed E-state index contributed by atoms with van der Waals surface area (Å²) >= 11 is 0. The summed E-state index contributed by atoms with van der Waals surface area (Å²) in [6, 6.07) is 59.0. The molecule has 0 radical (unpaired) electrons. The van der Waals surface area contributed by atoms with Crippen molar-refractivity contribution in [3.63, 3.8) is 0 Å². The van der Waals surface area contributed by atoms with Gasteiger partial charge in [0.05, 0.1) is 22.1 Å². The molecule has 9 aromatic carbocycles. The van der Waals surface area contributed by atoms with E-state index in [0.29, 0.717) is 0 Å². The van der Waals surface area contributed by atoms with Crippen molar-refractivity contribution in [2.24, 2.45) is 0 Å². The highest BCUT2D eigenvalue weighted by atomic mass is 16.5. The molecular formula is C54H27B3N2O4. The van der Waals surface area contributed by atoms with Crippen LogP contribution >= 0.6 is 0 Å². The highest BCUT2D eigenvalue weighted by Crippen LogP contribution is 2.45. The molecule has 63 heavy (non-hydrogen) atoms. The third-order valence-corrected chi connectivity index (χ3v) is 14.9. The monoisotopic (exact) mass is 800 g/mol. The molecule has 0 N–H and O–H groups in total. The SMILES string of the molecule is c1ccc2c(c1)Oc1cccc3c1B2c1cc2c4ccccc4n4c2c(c1O3)B1c2c-4cccc2-n2c3ccccc3c3cc4c(c1c32)Oc1cccc2c1B4c1ccccc1O2. The first kappa shape index (κ1) is 31.8. The van der Waals surface area contributed by atoms with Crippen LogP contribution in [0.1, 0.15) is 0 Å². The fourth-order valence-corrected chi connectivity index (χ4v) is 12.7. The third kappa shape index (κ3) is 3.57. The Kier molecular flexibility index (Phi) is 5.40. The van der Waals surface area contributed by atoms with Crippen LogP contribution in [-0.2, 0) is 0 Å². The highest BCUT2D eigenvalue weighted by Gasteiger charge is 2.51. The summed E-state index contributed by atoms with van der Waals surface area (Å²) in [5.41, 5.74) is 17.4. The lowest BCUT2D eigenvalue weighted by Crippen LogP contribution is -2.65. The van der Waals surface area contributed by atoms with Crippen LogP contribution in [0.25, 0.3) is 55.0 Å². The van der Waals surface area contributed by atoms with E-state index in [0.717, 1.165) is 78.8 Å². The van der Waals surface area contributed by atoms with Crippen molar-refractivity contribution in [1.29, 1.82) is 0 Å². The Morgan fingerprint density at radius 1 is 0.302 bits per heavy atom. The van der Waals surface area contributed by atoms with Crippen LogP contribution in [0.4, 0.5) is 0 Å². The third-order valence-electron chi connectivity index (χ3n) is 14.9. The molecule has 0 aliphatic carbocycles. The van der Waals surface area contributed by atoms with Gasteiger partial charge in [-0.3, -0.25) is 0 Å². The molecule has 0 fully saturated rings. The van der Waals surface area contributed by atoms with E-state index in [1.165, 1.54) is 71.4 Å². The Hall–Kier alpha value is -8.03. The standard InChI is InChI=1S/C54H27B3N2O4/c1-5-16-36-28(12-1)30-26-34-53(62-44-24-10-22-42-47(44)55(34)32-14-3-7-20-40(32)60-42)49-51(30)58(36)38-18-9-19-39-46(38)57(49)50-52-31(29-13-2-6-17-37(29)59(39)52)27-35-54(50)63-45-25-11-23-43-48(45)56(35)33-15-4-8-21-41(33)61-43/h1-27H. The second-order valence-electron chi connectivity index (χ2n) is 17.7. The molecule has 0 spiro atoms. The van der Waals surface area contributed by atoms with Crippen LogP contribution in [-0.4, -0.2) is 29.3 Å². The van der Waals surface area contributed by atoms with Gasteiger partial charge in [-0.25, -0.2) is 0 Å². The molecule has 286 valence electrons. The Morgan fingerprint density at radius 2 is 0.714 bits per heavy atom. The molecule has 2 aromatic heterocycles. The van der Waals surface area contributed by atoms with Gasteiger partial charge in [-0.2, -0.15) is 0 Å². The summed E-state index contributed by atoms with van der Waals surface area (Å²) in [7, 11) is 0. The molecule has 17 rings (SSSR count). The highest BCUT2D eigenvalue weighted by molar-refractivity contribution is 7.05. The molecule has 0 unspecified atom stereocenters. The number of aromatic nitrogens is 2. The van der Waals surface area contributed by atoms with Crippen molar-refractivity contribution >= 4 is 113 Å². The van der Waals surface area contributed by atoms with E-state index in [1.807, 2.05) is 0 Å². The zero-order chi connectivity index (χ0) is 40.4. The minimum atomic E-state index is -0.251. The Morgan fingerprint density at radius 3 is 1.22 bits per heavy atom. The van der Waals surface area contributed by atoms with Gasteiger partial charge in [0.25, 0.3) is 20.1 Å². The number of rotatable bonds is 0. The van der Waals surface area contributed by atoms with Crippen LogP contribution in [0.5, 0.6) is 46.0 Å². The Balaban J connectivity index is 1.08. The first-order chi connectivity index (χ1) is 31.3. The predicted octanol–water partition coefficient (Wildman–Crippen LogP) is 6.48. The molecule has 0 atom stereocenters. The average molecular weight is 800 g/mol. The molecule has 0 saturated heterocycles. The number of hydrogen-bond donors (Lipinski definition) is 0. The van der Waals surface area contributed by atoms with Gasteiger partial charge >= 0.3 is 0 Å². The van der Waals surface area contributed by atoms with Crippen molar-refractivity contribution < 1.29 is 18.9 Å². The predicted molar refractivity (Wildman–Crippen MR) is 255 cm³/mol. The van der Waals surface area contributed by atoms with Crippen LogP contribution in [0.2, 0.25) is 0 Å². The van der Waals surface area contributed by atoms with Gasteiger partial charge in [0.2, 0.25) is 0 Å². The number of benzene rings is 9. The maximum Gasteiger partial charge on any atom is 0.261 e.